The minimum Gasteiger partial charge on any atom is -0.332 e. The number of halogens is 1. The van der Waals surface area contributed by atoms with Crippen molar-refractivity contribution >= 4 is 33.4 Å². The molecule has 0 atom stereocenters. The van der Waals surface area contributed by atoms with Crippen molar-refractivity contribution in [2.75, 3.05) is 18.9 Å². The summed E-state index contributed by atoms with van der Waals surface area (Å²) in [5.74, 6) is -0.549. The molecule has 0 heterocycles. The highest BCUT2D eigenvalue weighted by molar-refractivity contribution is 9.10. The van der Waals surface area contributed by atoms with Crippen LogP contribution in [0.3, 0.4) is 0 Å². The molecule has 0 aliphatic rings. The van der Waals surface area contributed by atoms with Gasteiger partial charge >= 0.3 is 0 Å². The van der Waals surface area contributed by atoms with E-state index >= 15 is 0 Å². The van der Waals surface area contributed by atoms with Crippen molar-refractivity contribution < 1.29 is 9.59 Å². The molecule has 2 rings (SSSR count). The van der Waals surface area contributed by atoms with E-state index in [-0.39, 0.29) is 18.4 Å². The lowest BCUT2D eigenvalue weighted by Crippen LogP contribution is -2.35. The van der Waals surface area contributed by atoms with Crippen LogP contribution in [0.4, 0.5) is 5.69 Å². The zero-order valence-electron chi connectivity index (χ0n) is 13.3. The second-order valence-electron chi connectivity index (χ2n) is 5.36. The predicted molar refractivity (Wildman–Crippen MR) is 95.6 cm³/mol. The van der Waals surface area contributed by atoms with Crippen molar-refractivity contribution in [1.82, 2.24) is 4.90 Å². The van der Waals surface area contributed by atoms with Crippen LogP contribution in [-0.2, 0) is 4.79 Å². The summed E-state index contributed by atoms with van der Waals surface area (Å²) >= 11 is 3.37. The lowest BCUT2D eigenvalue weighted by molar-refractivity contribution is -0.116. The number of hydrogen-bond acceptors (Lipinski definition) is 3. The third-order valence-electron chi connectivity index (χ3n) is 3.45. The molecular weight excluding hydrogens is 370 g/mol. The molecule has 5 nitrogen and oxygen atoms in total. The van der Waals surface area contributed by atoms with Gasteiger partial charge in [0, 0.05) is 22.8 Å². The predicted octanol–water partition coefficient (Wildman–Crippen LogP) is 3.34. The maximum Gasteiger partial charge on any atom is 0.254 e. The Labute approximate surface area is 149 Å². The molecule has 2 aromatic carbocycles. The summed E-state index contributed by atoms with van der Waals surface area (Å²) in [6, 6.07) is 13.9. The Morgan fingerprint density at radius 2 is 1.88 bits per heavy atom. The van der Waals surface area contributed by atoms with Crippen LogP contribution in [0.1, 0.15) is 21.5 Å². The van der Waals surface area contributed by atoms with Crippen LogP contribution in [0.25, 0.3) is 0 Å². The number of rotatable bonds is 4. The van der Waals surface area contributed by atoms with E-state index in [1.165, 1.54) is 4.90 Å². The fourth-order valence-corrected chi connectivity index (χ4v) is 2.63. The second kappa shape index (κ2) is 7.75. The number of anilines is 1. The molecule has 0 aromatic heterocycles. The first-order chi connectivity index (χ1) is 11.4. The summed E-state index contributed by atoms with van der Waals surface area (Å²) < 4.78 is 0.936. The first-order valence-electron chi connectivity index (χ1n) is 7.22. The molecule has 0 spiro atoms. The molecule has 0 radical (unpaired) electrons. The summed E-state index contributed by atoms with van der Waals surface area (Å²) in [4.78, 5) is 25.8. The van der Waals surface area contributed by atoms with Gasteiger partial charge in [0.2, 0.25) is 5.91 Å². The van der Waals surface area contributed by atoms with E-state index in [0.717, 1.165) is 10.0 Å². The average molecular weight is 386 g/mol. The van der Waals surface area contributed by atoms with Crippen molar-refractivity contribution in [3.8, 4) is 6.07 Å². The van der Waals surface area contributed by atoms with E-state index in [1.807, 2.05) is 25.1 Å². The lowest BCUT2D eigenvalue weighted by atomic mass is 10.1. The van der Waals surface area contributed by atoms with Gasteiger partial charge in [0.05, 0.1) is 18.2 Å². The normalized spacial score (nSPS) is 9.92. The number of hydrogen-bond donors (Lipinski definition) is 1. The smallest absolute Gasteiger partial charge is 0.254 e. The molecule has 0 saturated carbocycles. The quantitative estimate of drug-likeness (QED) is 0.876. The fourth-order valence-electron chi connectivity index (χ4n) is 2.15. The van der Waals surface area contributed by atoms with Gasteiger partial charge in [-0.15, -0.1) is 0 Å². The summed E-state index contributed by atoms with van der Waals surface area (Å²) in [7, 11) is 1.56. The monoisotopic (exact) mass is 385 g/mol. The molecular formula is C18H16BrN3O2. The van der Waals surface area contributed by atoms with Gasteiger partial charge in [-0.2, -0.15) is 5.26 Å². The Hall–Kier alpha value is -2.65. The largest absolute Gasteiger partial charge is 0.332 e. The van der Waals surface area contributed by atoms with Crippen LogP contribution >= 0.6 is 15.9 Å². The maximum absolute atomic E-state index is 12.3. The van der Waals surface area contributed by atoms with Gasteiger partial charge in [-0.05, 0) is 55.0 Å². The molecule has 2 amide bonds. The molecule has 0 saturated heterocycles. The number of aryl methyl sites for hydroxylation is 1. The molecule has 1 N–H and O–H groups in total. The number of benzene rings is 2. The van der Waals surface area contributed by atoms with E-state index in [4.69, 9.17) is 5.26 Å². The number of nitrogens with one attached hydrogen (secondary N) is 1. The summed E-state index contributed by atoms with van der Waals surface area (Å²) in [6.45, 7) is 1.83. The number of carbonyl (C=O) groups excluding carboxylic acids is 2. The topological polar surface area (TPSA) is 73.2 Å². The molecule has 122 valence electrons. The van der Waals surface area contributed by atoms with Gasteiger partial charge < -0.3 is 10.2 Å². The van der Waals surface area contributed by atoms with E-state index in [1.54, 1.807) is 37.4 Å². The van der Waals surface area contributed by atoms with Crippen LogP contribution in [-0.4, -0.2) is 30.3 Å². The molecule has 0 aliphatic heterocycles. The number of nitriles is 1. The fraction of sp³-hybridized carbons (Fsp3) is 0.167. The SMILES string of the molecule is Cc1cc(Br)ccc1NC(=O)CN(C)C(=O)c1ccc(C#N)cc1. The zero-order chi connectivity index (χ0) is 17.7. The third kappa shape index (κ3) is 4.43. The minimum atomic E-state index is -0.276. The first-order valence-corrected chi connectivity index (χ1v) is 8.01. The Morgan fingerprint density at radius 3 is 2.46 bits per heavy atom. The Kier molecular flexibility index (Phi) is 5.72. The van der Waals surface area contributed by atoms with Crippen LogP contribution in [0, 0.1) is 18.3 Å². The summed E-state index contributed by atoms with van der Waals surface area (Å²) in [6.07, 6.45) is 0. The molecule has 0 unspecified atom stereocenters. The minimum absolute atomic E-state index is 0.0612. The Morgan fingerprint density at radius 1 is 1.21 bits per heavy atom. The number of amides is 2. The van der Waals surface area contributed by atoms with E-state index < -0.39 is 0 Å². The standard InChI is InChI=1S/C18H16BrN3O2/c1-12-9-15(19)7-8-16(12)21-17(23)11-22(2)18(24)14-5-3-13(10-20)4-6-14/h3-9H,11H2,1-2H3,(H,21,23). The summed E-state index contributed by atoms with van der Waals surface area (Å²) in [5, 5.41) is 11.6. The van der Waals surface area contributed by atoms with Crippen LogP contribution in [0.5, 0.6) is 0 Å². The number of nitrogens with zero attached hydrogens (tertiary/aromatic N) is 2. The zero-order valence-corrected chi connectivity index (χ0v) is 14.9. The van der Waals surface area contributed by atoms with E-state index in [2.05, 4.69) is 21.2 Å². The van der Waals surface area contributed by atoms with Gasteiger partial charge in [-0.3, -0.25) is 9.59 Å². The molecule has 0 bridgehead atoms. The van der Waals surface area contributed by atoms with Crippen molar-refractivity contribution in [2.45, 2.75) is 6.92 Å². The van der Waals surface area contributed by atoms with Crippen LogP contribution < -0.4 is 5.32 Å². The molecule has 24 heavy (non-hydrogen) atoms. The summed E-state index contributed by atoms with van der Waals surface area (Å²) in [5.41, 5.74) is 2.56. The second-order valence-corrected chi connectivity index (χ2v) is 6.27. The van der Waals surface area contributed by atoms with Crippen LogP contribution in [0.15, 0.2) is 46.9 Å². The van der Waals surface area contributed by atoms with Crippen molar-refractivity contribution in [3.63, 3.8) is 0 Å². The highest BCUT2D eigenvalue weighted by Crippen LogP contribution is 2.20. The Bertz CT molecular complexity index is 810. The Balaban J connectivity index is 1.99. The first kappa shape index (κ1) is 17.7. The number of likely N-dealkylation sites (N-methyl/N-ethyl adjacent to an activating group) is 1. The average Bonchev–Trinajstić information content (AvgIpc) is 2.56. The van der Waals surface area contributed by atoms with E-state index in [9.17, 15) is 9.59 Å². The van der Waals surface area contributed by atoms with Gasteiger partial charge in [0.1, 0.15) is 0 Å². The van der Waals surface area contributed by atoms with E-state index in [0.29, 0.717) is 16.8 Å². The molecule has 0 aliphatic carbocycles. The molecule has 0 fully saturated rings. The highest BCUT2D eigenvalue weighted by atomic mass is 79.9. The molecule has 6 heteroatoms. The van der Waals surface area contributed by atoms with Gasteiger partial charge in [0.15, 0.2) is 0 Å². The van der Waals surface area contributed by atoms with Crippen molar-refractivity contribution in [3.05, 3.63) is 63.6 Å². The maximum atomic E-state index is 12.3. The van der Waals surface area contributed by atoms with Gasteiger partial charge in [0.25, 0.3) is 5.91 Å². The third-order valence-corrected chi connectivity index (χ3v) is 3.94. The van der Waals surface area contributed by atoms with Gasteiger partial charge in [-0.1, -0.05) is 15.9 Å². The highest BCUT2D eigenvalue weighted by Gasteiger charge is 2.15. The van der Waals surface area contributed by atoms with Crippen molar-refractivity contribution in [2.24, 2.45) is 0 Å². The molecule has 2 aromatic rings. The lowest BCUT2D eigenvalue weighted by Gasteiger charge is -2.17. The van der Waals surface area contributed by atoms with Gasteiger partial charge in [-0.25, -0.2) is 0 Å². The number of carbonyl (C=O) groups is 2. The van der Waals surface area contributed by atoms with Crippen molar-refractivity contribution in [1.29, 1.82) is 5.26 Å². The van der Waals surface area contributed by atoms with Crippen LogP contribution in [0.2, 0.25) is 0 Å².